The van der Waals surface area contributed by atoms with Crippen LogP contribution in [0.1, 0.15) is 47.1 Å². The Balaban J connectivity index is 1.60. The highest BCUT2D eigenvalue weighted by Crippen LogP contribution is 2.43. The molecule has 0 aliphatic carbocycles. The number of aromatic nitrogens is 2. The number of nitrogens with one attached hydrogen (secondary N) is 1. The fourth-order valence-corrected chi connectivity index (χ4v) is 3.54. The van der Waals surface area contributed by atoms with Gasteiger partial charge < -0.3 is 14.8 Å². The van der Waals surface area contributed by atoms with Crippen LogP contribution in [-0.4, -0.2) is 34.7 Å². The van der Waals surface area contributed by atoms with Crippen LogP contribution in [0.15, 0.2) is 36.7 Å². The summed E-state index contributed by atoms with van der Waals surface area (Å²) in [6, 6.07) is 7.79. The second-order valence-corrected chi connectivity index (χ2v) is 6.71. The summed E-state index contributed by atoms with van der Waals surface area (Å²) in [5.41, 5.74) is 1.85. The Morgan fingerprint density at radius 2 is 2.00 bits per heavy atom. The summed E-state index contributed by atoms with van der Waals surface area (Å²) in [5, 5.41) is 3.12. The molecule has 0 saturated carbocycles. The van der Waals surface area contributed by atoms with E-state index in [0.717, 1.165) is 36.3 Å². The average Bonchev–Trinajstić information content (AvgIpc) is 2.63. The van der Waals surface area contributed by atoms with Crippen LogP contribution < -0.4 is 10.1 Å². The topological polar surface area (TPSA) is 73.3 Å². The van der Waals surface area contributed by atoms with Crippen molar-refractivity contribution in [3.05, 3.63) is 53.6 Å². The third-order valence-corrected chi connectivity index (χ3v) is 4.92. The molecule has 0 radical (unpaired) electrons. The summed E-state index contributed by atoms with van der Waals surface area (Å²) in [6.45, 7) is 3.22. The molecule has 1 spiro atoms. The van der Waals surface area contributed by atoms with Crippen molar-refractivity contribution in [1.29, 1.82) is 0 Å². The first kappa shape index (κ1) is 16.0. The van der Waals surface area contributed by atoms with E-state index in [4.69, 9.17) is 9.47 Å². The third-order valence-electron chi connectivity index (χ3n) is 4.92. The lowest BCUT2D eigenvalue weighted by Crippen LogP contribution is -2.48. The monoisotopic (exact) mass is 339 g/mol. The number of hydrogen-bond acceptors (Lipinski definition) is 5. The molecule has 1 fully saturated rings. The summed E-state index contributed by atoms with van der Waals surface area (Å²) in [5.74, 6) is 0.632. The van der Waals surface area contributed by atoms with Gasteiger partial charge in [0.25, 0.3) is 5.91 Å². The first-order valence-electron chi connectivity index (χ1n) is 8.60. The predicted octanol–water partition coefficient (Wildman–Crippen LogP) is 2.59. The molecule has 6 nitrogen and oxygen atoms in total. The average molecular weight is 339 g/mol. The zero-order chi connectivity index (χ0) is 17.3. The summed E-state index contributed by atoms with van der Waals surface area (Å²) in [7, 11) is 0. The van der Waals surface area contributed by atoms with Gasteiger partial charge in [0, 0.05) is 31.0 Å². The lowest BCUT2D eigenvalue weighted by molar-refractivity contribution is -0.0639. The zero-order valence-corrected chi connectivity index (χ0v) is 14.2. The molecule has 1 aromatic heterocycles. The van der Waals surface area contributed by atoms with Crippen LogP contribution in [0.4, 0.5) is 0 Å². The third kappa shape index (κ3) is 3.22. The number of carbonyl (C=O) groups excluding carboxylic acids is 1. The fourth-order valence-electron chi connectivity index (χ4n) is 3.54. The summed E-state index contributed by atoms with van der Waals surface area (Å²) in [6.07, 6.45) is 5.52. The summed E-state index contributed by atoms with van der Waals surface area (Å²) in [4.78, 5) is 21.0. The van der Waals surface area contributed by atoms with Gasteiger partial charge in [0.15, 0.2) is 0 Å². The van der Waals surface area contributed by atoms with E-state index in [0.29, 0.717) is 18.9 Å². The molecule has 1 saturated heterocycles. The number of benzene rings is 1. The maximum absolute atomic E-state index is 12.6. The number of carbonyl (C=O) groups is 1. The van der Waals surface area contributed by atoms with Crippen LogP contribution in [0.5, 0.6) is 5.75 Å². The molecule has 0 bridgehead atoms. The Morgan fingerprint density at radius 1 is 1.20 bits per heavy atom. The SMILES string of the molecule is Cc1cnc(C(=O)N[C@H]2CC3(CCOCC3)Oc3ccccc32)cn1. The van der Waals surface area contributed by atoms with Crippen molar-refractivity contribution in [3.8, 4) is 5.75 Å². The number of rotatable bonds is 2. The Morgan fingerprint density at radius 3 is 2.76 bits per heavy atom. The van der Waals surface area contributed by atoms with E-state index in [1.807, 2.05) is 31.2 Å². The quantitative estimate of drug-likeness (QED) is 0.910. The Hall–Kier alpha value is -2.47. The van der Waals surface area contributed by atoms with Gasteiger partial charge in [-0.05, 0) is 13.0 Å². The number of aryl methyl sites for hydroxylation is 1. The van der Waals surface area contributed by atoms with E-state index in [9.17, 15) is 4.79 Å². The van der Waals surface area contributed by atoms with Crippen LogP contribution in [0.25, 0.3) is 0 Å². The molecule has 2 aromatic rings. The zero-order valence-electron chi connectivity index (χ0n) is 14.2. The van der Waals surface area contributed by atoms with Gasteiger partial charge in [-0.25, -0.2) is 4.98 Å². The second-order valence-electron chi connectivity index (χ2n) is 6.71. The van der Waals surface area contributed by atoms with E-state index < -0.39 is 0 Å². The molecular formula is C19H21N3O3. The smallest absolute Gasteiger partial charge is 0.271 e. The maximum Gasteiger partial charge on any atom is 0.271 e. The first-order valence-corrected chi connectivity index (χ1v) is 8.60. The number of fused-ring (bicyclic) bond motifs is 1. The number of nitrogens with zero attached hydrogens (tertiary/aromatic N) is 2. The van der Waals surface area contributed by atoms with Gasteiger partial charge in [-0.15, -0.1) is 0 Å². The van der Waals surface area contributed by atoms with Crippen molar-refractivity contribution in [2.24, 2.45) is 0 Å². The molecule has 2 aliphatic rings. The Kier molecular flexibility index (Phi) is 4.13. The van der Waals surface area contributed by atoms with Crippen molar-refractivity contribution >= 4 is 5.91 Å². The van der Waals surface area contributed by atoms with Crippen LogP contribution in [0.2, 0.25) is 0 Å². The summed E-state index contributed by atoms with van der Waals surface area (Å²) >= 11 is 0. The van der Waals surface area contributed by atoms with Crippen LogP contribution >= 0.6 is 0 Å². The van der Waals surface area contributed by atoms with Crippen molar-refractivity contribution in [3.63, 3.8) is 0 Å². The maximum atomic E-state index is 12.6. The van der Waals surface area contributed by atoms with E-state index in [1.54, 1.807) is 6.20 Å². The Bertz CT molecular complexity index is 770. The van der Waals surface area contributed by atoms with Crippen molar-refractivity contribution < 1.29 is 14.3 Å². The number of amides is 1. The minimum Gasteiger partial charge on any atom is -0.487 e. The molecule has 4 rings (SSSR count). The fraction of sp³-hybridized carbons (Fsp3) is 0.421. The van der Waals surface area contributed by atoms with Gasteiger partial charge in [-0.1, -0.05) is 18.2 Å². The molecule has 1 N–H and O–H groups in total. The molecule has 6 heteroatoms. The van der Waals surface area contributed by atoms with E-state index in [1.165, 1.54) is 6.20 Å². The van der Waals surface area contributed by atoms with Gasteiger partial charge in [-0.3, -0.25) is 9.78 Å². The van der Waals surface area contributed by atoms with Gasteiger partial charge in [0.2, 0.25) is 0 Å². The number of ether oxygens (including phenoxy) is 2. The summed E-state index contributed by atoms with van der Waals surface area (Å²) < 4.78 is 11.8. The molecule has 1 aromatic carbocycles. The number of para-hydroxylation sites is 1. The highest BCUT2D eigenvalue weighted by atomic mass is 16.5. The lowest BCUT2D eigenvalue weighted by atomic mass is 9.82. The molecule has 0 unspecified atom stereocenters. The molecule has 25 heavy (non-hydrogen) atoms. The molecular weight excluding hydrogens is 318 g/mol. The van der Waals surface area contributed by atoms with Gasteiger partial charge >= 0.3 is 0 Å². The van der Waals surface area contributed by atoms with Gasteiger partial charge in [0.1, 0.15) is 17.0 Å². The van der Waals surface area contributed by atoms with Crippen LogP contribution in [0, 0.1) is 6.92 Å². The van der Waals surface area contributed by atoms with Crippen molar-refractivity contribution in [1.82, 2.24) is 15.3 Å². The largest absolute Gasteiger partial charge is 0.487 e. The second kappa shape index (κ2) is 6.44. The number of hydrogen-bond donors (Lipinski definition) is 1. The minimum absolute atomic E-state index is 0.112. The molecule has 2 aliphatic heterocycles. The molecule has 130 valence electrons. The standard InChI is InChI=1S/C19H21N3O3/c1-13-11-21-16(12-20-13)18(23)22-15-10-19(6-8-24-9-7-19)25-17-5-3-2-4-14(15)17/h2-5,11-12,15H,6-10H2,1H3,(H,22,23)/t15-/m0/s1. The Labute approximate surface area is 146 Å². The van der Waals surface area contributed by atoms with Crippen molar-refractivity contribution in [2.45, 2.75) is 37.8 Å². The normalized spacial score (nSPS) is 21.2. The van der Waals surface area contributed by atoms with E-state index >= 15 is 0 Å². The molecule has 3 heterocycles. The van der Waals surface area contributed by atoms with Gasteiger partial charge in [0.05, 0.1) is 31.1 Å². The lowest BCUT2D eigenvalue weighted by Gasteiger charge is -2.44. The van der Waals surface area contributed by atoms with E-state index in [2.05, 4.69) is 15.3 Å². The van der Waals surface area contributed by atoms with Gasteiger partial charge in [-0.2, -0.15) is 0 Å². The predicted molar refractivity (Wildman–Crippen MR) is 91.4 cm³/mol. The highest BCUT2D eigenvalue weighted by molar-refractivity contribution is 5.92. The van der Waals surface area contributed by atoms with Crippen LogP contribution in [0.3, 0.4) is 0 Å². The minimum atomic E-state index is -0.274. The van der Waals surface area contributed by atoms with E-state index in [-0.39, 0.29) is 17.6 Å². The highest BCUT2D eigenvalue weighted by Gasteiger charge is 2.42. The first-order chi connectivity index (χ1) is 12.2. The van der Waals surface area contributed by atoms with Crippen LogP contribution in [-0.2, 0) is 4.74 Å². The molecule has 1 amide bonds. The van der Waals surface area contributed by atoms with Crippen molar-refractivity contribution in [2.75, 3.05) is 13.2 Å². The molecule has 1 atom stereocenters.